The second-order valence-electron chi connectivity index (χ2n) is 6.47. The van der Waals surface area contributed by atoms with E-state index in [4.69, 9.17) is 4.74 Å². The molecule has 8 nitrogen and oxygen atoms in total. The van der Waals surface area contributed by atoms with Crippen LogP contribution in [-0.4, -0.2) is 50.4 Å². The quantitative estimate of drug-likeness (QED) is 0.645. The van der Waals surface area contributed by atoms with E-state index >= 15 is 0 Å². The number of benzene rings is 1. The Labute approximate surface area is 159 Å². The number of ether oxygens (including phenoxy) is 1. The number of amides is 1. The first-order valence-corrected chi connectivity index (χ1v) is 10.4. The maximum atomic E-state index is 12.6. The van der Waals surface area contributed by atoms with Crippen molar-refractivity contribution in [2.45, 2.75) is 37.2 Å². The summed E-state index contributed by atoms with van der Waals surface area (Å²) in [6.07, 6.45) is 1.35. The maximum Gasteiger partial charge on any atom is 0.271 e. The summed E-state index contributed by atoms with van der Waals surface area (Å²) >= 11 is 0. The molecule has 1 aromatic heterocycles. The third-order valence-corrected chi connectivity index (χ3v) is 6.04. The van der Waals surface area contributed by atoms with Gasteiger partial charge >= 0.3 is 0 Å². The van der Waals surface area contributed by atoms with Crippen LogP contribution in [0.4, 0.5) is 0 Å². The van der Waals surface area contributed by atoms with Crippen molar-refractivity contribution in [3.05, 3.63) is 47.3 Å². The molecule has 2 N–H and O–H groups in total. The molecule has 1 aromatic carbocycles. The van der Waals surface area contributed by atoms with Crippen LogP contribution in [-0.2, 0) is 34.1 Å². The van der Waals surface area contributed by atoms with Gasteiger partial charge in [0.15, 0.2) is 0 Å². The number of sulfonamides is 1. The van der Waals surface area contributed by atoms with Crippen LogP contribution in [0.5, 0.6) is 0 Å². The van der Waals surface area contributed by atoms with Crippen LogP contribution < -0.4 is 10.0 Å². The normalized spacial score (nSPS) is 16.3. The molecule has 146 valence electrons. The number of methoxy groups -OCH3 is 1. The number of carbonyl (C=O) groups is 1. The van der Waals surface area contributed by atoms with Crippen LogP contribution in [0.15, 0.2) is 35.2 Å². The zero-order chi connectivity index (χ0) is 19.4. The second-order valence-corrected chi connectivity index (χ2v) is 8.19. The molecule has 0 fully saturated rings. The number of nitrogens with one attached hydrogen (secondary N) is 2. The number of hydrogen-bond donors (Lipinski definition) is 2. The molecule has 1 atom stereocenters. The van der Waals surface area contributed by atoms with Gasteiger partial charge in [0.25, 0.3) is 5.91 Å². The molecule has 0 saturated heterocycles. The van der Waals surface area contributed by atoms with Gasteiger partial charge in [-0.2, -0.15) is 5.10 Å². The Hall–Kier alpha value is -2.23. The lowest BCUT2D eigenvalue weighted by Gasteiger charge is -2.12. The average Bonchev–Trinajstić information content (AvgIpc) is 3.20. The zero-order valence-electron chi connectivity index (χ0n) is 15.4. The number of fused-ring (bicyclic) bond motifs is 1. The molecule has 1 aliphatic rings. The molecular formula is C18H24N4O4S. The molecule has 27 heavy (non-hydrogen) atoms. The lowest BCUT2D eigenvalue weighted by atomic mass is 10.2. The Morgan fingerprint density at radius 2 is 2.07 bits per heavy atom. The largest absolute Gasteiger partial charge is 0.383 e. The summed E-state index contributed by atoms with van der Waals surface area (Å²) in [5, 5.41) is 6.99. The van der Waals surface area contributed by atoms with E-state index in [1.165, 1.54) is 0 Å². The van der Waals surface area contributed by atoms with Gasteiger partial charge in [-0.1, -0.05) is 19.1 Å². The molecule has 1 unspecified atom stereocenters. The van der Waals surface area contributed by atoms with E-state index in [1.807, 2.05) is 19.1 Å². The lowest BCUT2D eigenvalue weighted by molar-refractivity contribution is 0.0931. The number of nitrogens with zero attached hydrogens (tertiary/aromatic N) is 2. The van der Waals surface area contributed by atoms with E-state index in [1.54, 1.807) is 30.0 Å². The van der Waals surface area contributed by atoms with Crippen molar-refractivity contribution in [1.29, 1.82) is 0 Å². The standard InChI is InChI=1S/C18H24N4O4S/c1-3-13-4-6-16(7-5-13)27(24,25)21-14-10-15-11-17(20-22(15)12-14)18(23)19-8-9-26-2/h4-7,11,14,21H,3,8-10,12H2,1-2H3,(H,19,23). The summed E-state index contributed by atoms with van der Waals surface area (Å²) in [5.41, 5.74) is 2.25. The van der Waals surface area contributed by atoms with Gasteiger partial charge in [0.05, 0.1) is 18.0 Å². The lowest BCUT2D eigenvalue weighted by Crippen LogP contribution is -2.36. The SMILES string of the molecule is CCc1ccc(S(=O)(=O)NC2Cc3cc(C(=O)NCCOC)nn3C2)cc1. The van der Waals surface area contributed by atoms with Crippen LogP contribution in [0.25, 0.3) is 0 Å². The van der Waals surface area contributed by atoms with Crippen LogP contribution in [0.1, 0.15) is 28.7 Å². The maximum absolute atomic E-state index is 12.6. The number of aryl methyl sites for hydroxylation is 1. The molecule has 1 amide bonds. The highest BCUT2D eigenvalue weighted by atomic mass is 32.2. The van der Waals surface area contributed by atoms with Gasteiger partial charge in [0.1, 0.15) is 5.69 Å². The molecule has 2 aromatic rings. The highest BCUT2D eigenvalue weighted by Crippen LogP contribution is 2.19. The van der Waals surface area contributed by atoms with E-state index < -0.39 is 10.0 Å². The van der Waals surface area contributed by atoms with Gasteiger partial charge in [0, 0.05) is 31.8 Å². The van der Waals surface area contributed by atoms with E-state index in [9.17, 15) is 13.2 Å². The van der Waals surface area contributed by atoms with Crippen LogP contribution in [0.3, 0.4) is 0 Å². The molecule has 9 heteroatoms. The topological polar surface area (TPSA) is 102 Å². The average molecular weight is 392 g/mol. The predicted octanol–water partition coefficient (Wildman–Crippen LogP) is 0.725. The predicted molar refractivity (Wildman–Crippen MR) is 100 cm³/mol. The summed E-state index contributed by atoms with van der Waals surface area (Å²) in [4.78, 5) is 12.3. The number of rotatable bonds is 8. The molecule has 0 bridgehead atoms. The Morgan fingerprint density at radius 3 is 2.70 bits per heavy atom. The number of hydrogen-bond acceptors (Lipinski definition) is 5. The fraction of sp³-hybridized carbons (Fsp3) is 0.444. The highest BCUT2D eigenvalue weighted by molar-refractivity contribution is 7.89. The van der Waals surface area contributed by atoms with Crippen LogP contribution in [0, 0.1) is 0 Å². The van der Waals surface area contributed by atoms with Gasteiger partial charge in [-0.05, 0) is 30.2 Å². The van der Waals surface area contributed by atoms with Crippen molar-refractivity contribution in [2.24, 2.45) is 0 Å². The van der Waals surface area contributed by atoms with Gasteiger partial charge in [-0.3, -0.25) is 9.48 Å². The first kappa shape index (κ1) is 19.5. The second kappa shape index (κ2) is 8.20. The van der Waals surface area contributed by atoms with Crippen LogP contribution >= 0.6 is 0 Å². The van der Waals surface area contributed by atoms with E-state index in [2.05, 4.69) is 15.1 Å². The summed E-state index contributed by atoms with van der Waals surface area (Å²) in [5.74, 6) is -0.262. The Kier molecular flexibility index (Phi) is 5.93. The molecule has 0 aliphatic carbocycles. The van der Waals surface area contributed by atoms with Crippen molar-refractivity contribution in [3.63, 3.8) is 0 Å². The van der Waals surface area contributed by atoms with Crippen LogP contribution in [0.2, 0.25) is 0 Å². The first-order chi connectivity index (χ1) is 12.9. The third-order valence-electron chi connectivity index (χ3n) is 4.50. The molecule has 0 spiro atoms. The van der Waals surface area contributed by atoms with Gasteiger partial charge < -0.3 is 10.1 Å². The summed E-state index contributed by atoms with van der Waals surface area (Å²) in [6.45, 7) is 3.26. The molecule has 1 aliphatic heterocycles. The minimum Gasteiger partial charge on any atom is -0.383 e. The fourth-order valence-corrected chi connectivity index (χ4v) is 4.27. The zero-order valence-corrected chi connectivity index (χ0v) is 16.3. The van der Waals surface area contributed by atoms with E-state index in [0.29, 0.717) is 31.8 Å². The van der Waals surface area contributed by atoms with Crippen molar-refractivity contribution in [1.82, 2.24) is 19.8 Å². The highest BCUT2D eigenvalue weighted by Gasteiger charge is 2.29. The van der Waals surface area contributed by atoms with Gasteiger partial charge in [-0.15, -0.1) is 0 Å². The molecule has 3 rings (SSSR count). The summed E-state index contributed by atoms with van der Waals surface area (Å²) < 4.78 is 34.4. The Balaban J connectivity index is 1.61. The van der Waals surface area contributed by atoms with Gasteiger partial charge in [-0.25, -0.2) is 13.1 Å². The van der Waals surface area contributed by atoms with E-state index in [-0.39, 0.29) is 16.8 Å². The fourth-order valence-electron chi connectivity index (χ4n) is 3.04. The first-order valence-electron chi connectivity index (χ1n) is 8.88. The Bertz CT molecular complexity index is 882. The Morgan fingerprint density at radius 1 is 1.33 bits per heavy atom. The minimum atomic E-state index is -3.59. The number of aromatic nitrogens is 2. The van der Waals surface area contributed by atoms with Crippen molar-refractivity contribution >= 4 is 15.9 Å². The minimum absolute atomic E-state index is 0.252. The van der Waals surface area contributed by atoms with Crippen molar-refractivity contribution in [3.8, 4) is 0 Å². The number of carbonyl (C=O) groups excluding carboxylic acids is 1. The molecule has 0 radical (unpaired) electrons. The van der Waals surface area contributed by atoms with Crippen molar-refractivity contribution in [2.75, 3.05) is 20.3 Å². The van der Waals surface area contributed by atoms with Gasteiger partial charge in [0.2, 0.25) is 10.0 Å². The monoisotopic (exact) mass is 392 g/mol. The molecule has 2 heterocycles. The van der Waals surface area contributed by atoms with Crippen molar-refractivity contribution < 1.29 is 17.9 Å². The molecule has 0 saturated carbocycles. The molecular weight excluding hydrogens is 368 g/mol. The third kappa shape index (κ3) is 4.55. The van der Waals surface area contributed by atoms with E-state index in [0.717, 1.165) is 17.7 Å². The summed E-state index contributed by atoms with van der Waals surface area (Å²) in [6, 6.07) is 8.31. The summed E-state index contributed by atoms with van der Waals surface area (Å²) in [7, 11) is -2.02. The smallest absolute Gasteiger partial charge is 0.271 e.